The number of hydrogen-bond donors (Lipinski definition) is 2. The van der Waals surface area contributed by atoms with Gasteiger partial charge in [0, 0.05) is 22.4 Å². The summed E-state index contributed by atoms with van der Waals surface area (Å²) in [6.07, 6.45) is 1.05. The number of anilines is 1. The number of thiocarbonyl (C=S) groups is 1. The summed E-state index contributed by atoms with van der Waals surface area (Å²) in [5, 5.41) is 7.16. The summed E-state index contributed by atoms with van der Waals surface area (Å²) in [7, 11) is 0. The zero-order chi connectivity index (χ0) is 15.8. The molecule has 0 aliphatic heterocycles. The fourth-order valence-corrected chi connectivity index (χ4v) is 3.06. The predicted molar refractivity (Wildman–Crippen MR) is 102 cm³/mol. The lowest BCUT2D eigenvalue weighted by Crippen LogP contribution is -2.35. The van der Waals surface area contributed by atoms with Gasteiger partial charge in [0.25, 0.3) is 0 Å². The van der Waals surface area contributed by atoms with Crippen LogP contribution in [0.2, 0.25) is 0 Å². The van der Waals surface area contributed by atoms with E-state index in [2.05, 4.69) is 73.0 Å². The monoisotopic (exact) mass is 330 g/mol. The molecule has 2 aromatic carbocycles. The van der Waals surface area contributed by atoms with E-state index in [1.165, 1.54) is 10.5 Å². The van der Waals surface area contributed by atoms with E-state index in [4.69, 9.17) is 12.2 Å². The van der Waals surface area contributed by atoms with Crippen LogP contribution in [0.3, 0.4) is 0 Å². The summed E-state index contributed by atoms with van der Waals surface area (Å²) >= 11 is 7.15. The maximum absolute atomic E-state index is 5.30. The van der Waals surface area contributed by atoms with Crippen molar-refractivity contribution in [1.29, 1.82) is 0 Å². The van der Waals surface area contributed by atoms with Crippen LogP contribution in [0.4, 0.5) is 5.69 Å². The smallest absolute Gasteiger partial charge is 0.170 e. The lowest BCUT2D eigenvalue weighted by atomic mass is 10.2. The van der Waals surface area contributed by atoms with Crippen molar-refractivity contribution in [3.05, 3.63) is 60.2 Å². The Hall–Kier alpha value is -1.52. The average molecular weight is 331 g/mol. The molecule has 116 valence electrons. The van der Waals surface area contributed by atoms with Gasteiger partial charge in [-0.3, -0.25) is 0 Å². The summed E-state index contributed by atoms with van der Waals surface area (Å²) in [4.78, 5) is 1.30. The minimum Gasteiger partial charge on any atom is -0.360 e. The van der Waals surface area contributed by atoms with Crippen LogP contribution in [-0.4, -0.2) is 11.2 Å². The minimum absolute atomic E-state index is 0.390. The predicted octanol–water partition coefficient (Wildman–Crippen LogP) is 5.06. The molecule has 0 radical (unpaired) electrons. The van der Waals surface area contributed by atoms with Crippen LogP contribution < -0.4 is 10.6 Å². The Kier molecular flexibility index (Phi) is 6.74. The van der Waals surface area contributed by atoms with E-state index in [1.54, 1.807) is 0 Å². The maximum Gasteiger partial charge on any atom is 0.170 e. The summed E-state index contributed by atoms with van der Waals surface area (Å²) < 4.78 is 0. The van der Waals surface area contributed by atoms with E-state index in [-0.39, 0.29) is 0 Å². The number of hydrogen-bond acceptors (Lipinski definition) is 2. The molecule has 0 unspecified atom stereocenters. The van der Waals surface area contributed by atoms with Crippen molar-refractivity contribution >= 4 is 34.8 Å². The first-order valence-corrected chi connectivity index (χ1v) is 8.91. The zero-order valence-corrected chi connectivity index (χ0v) is 14.6. The Balaban J connectivity index is 1.83. The Labute approximate surface area is 142 Å². The number of benzene rings is 2. The molecule has 2 nitrogen and oxygen atoms in total. The van der Waals surface area contributed by atoms with Crippen LogP contribution >= 0.6 is 24.0 Å². The van der Waals surface area contributed by atoms with Crippen molar-refractivity contribution in [1.82, 2.24) is 5.32 Å². The highest BCUT2D eigenvalue weighted by molar-refractivity contribution is 7.98. The van der Waals surface area contributed by atoms with Crippen molar-refractivity contribution in [2.45, 2.75) is 37.0 Å². The Morgan fingerprint density at radius 1 is 1.09 bits per heavy atom. The molecule has 0 spiro atoms. The van der Waals surface area contributed by atoms with Crippen LogP contribution in [0.1, 0.15) is 25.8 Å². The highest BCUT2D eigenvalue weighted by atomic mass is 32.2. The van der Waals surface area contributed by atoms with Crippen LogP contribution in [0.25, 0.3) is 0 Å². The van der Waals surface area contributed by atoms with E-state index in [0.29, 0.717) is 11.2 Å². The molecule has 0 aromatic heterocycles. The molecule has 0 bridgehead atoms. The third-order valence-electron chi connectivity index (χ3n) is 3.35. The van der Waals surface area contributed by atoms with Crippen LogP contribution in [0.15, 0.2) is 59.5 Å². The van der Waals surface area contributed by atoms with E-state index < -0.39 is 0 Å². The van der Waals surface area contributed by atoms with Gasteiger partial charge in [-0.1, -0.05) is 37.3 Å². The summed E-state index contributed by atoms with van der Waals surface area (Å²) in [5.74, 6) is 0.972. The van der Waals surface area contributed by atoms with Crippen LogP contribution in [-0.2, 0) is 5.75 Å². The Morgan fingerprint density at radius 2 is 1.77 bits per heavy atom. The molecule has 22 heavy (non-hydrogen) atoms. The highest BCUT2D eigenvalue weighted by Crippen LogP contribution is 2.23. The molecule has 0 fully saturated rings. The Bertz CT molecular complexity index is 582. The second-order valence-electron chi connectivity index (χ2n) is 5.21. The van der Waals surface area contributed by atoms with Crippen LogP contribution in [0, 0.1) is 0 Å². The van der Waals surface area contributed by atoms with Crippen LogP contribution in [0.5, 0.6) is 0 Å². The number of nitrogens with one attached hydrogen (secondary N) is 2. The SMILES string of the molecule is CC[C@@H](C)NC(=S)Nc1ccc(CSc2ccccc2)cc1. The van der Waals surface area contributed by atoms with Gasteiger partial charge in [-0.2, -0.15) is 0 Å². The summed E-state index contributed by atoms with van der Waals surface area (Å²) in [5.41, 5.74) is 2.33. The first-order valence-electron chi connectivity index (χ1n) is 7.51. The first-order chi connectivity index (χ1) is 10.7. The lowest BCUT2D eigenvalue weighted by molar-refractivity contribution is 0.646. The standard InChI is InChI=1S/C18H22N2S2/c1-3-14(2)19-18(21)20-16-11-9-15(10-12-16)13-22-17-7-5-4-6-8-17/h4-12,14H,3,13H2,1-2H3,(H2,19,20,21)/t14-/m1/s1. The van der Waals surface area contributed by atoms with Gasteiger partial charge in [0.15, 0.2) is 5.11 Å². The van der Waals surface area contributed by atoms with Gasteiger partial charge in [-0.05, 0) is 55.4 Å². The minimum atomic E-state index is 0.390. The topological polar surface area (TPSA) is 24.1 Å². The van der Waals surface area contributed by atoms with Crippen molar-refractivity contribution in [2.75, 3.05) is 5.32 Å². The van der Waals surface area contributed by atoms with Crippen molar-refractivity contribution in [3.8, 4) is 0 Å². The van der Waals surface area contributed by atoms with Gasteiger partial charge >= 0.3 is 0 Å². The maximum atomic E-state index is 5.30. The molecular formula is C18H22N2S2. The van der Waals surface area contributed by atoms with Gasteiger partial charge in [0.05, 0.1) is 0 Å². The van der Waals surface area contributed by atoms with E-state index in [9.17, 15) is 0 Å². The molecular weight excluding hydrogens is 308 g/mol. The van der Waals surface area contributed by atoms with Crippen molar-refractivity contribution < 1.29 is 0 Å². The zero-order valence-electron chi connectivity index (χ0n) is 13.0. The lowest BCUT2D eigenvalue weighted by Gasteiger charge is -2.15. The molecule has 0 saturated carbocycles. The molecule has 4 heteroatoms. The Morgan fingerprint density at radius 3 is 2.41 bits per heavy atom. The number of rotatable bonds is 6. The van der Waals surface area contributed by atoms with E-state index in [1.807, 2.05) is 17.8 Å². The fraction of sp³-hybridized carbons (Fsp3) is 0.278. The molecule has 0 aliphatic carbocycles. The molecule has 2 rings (SSSR count). The van der Waals surface area contributed by atoms with E-state index >= 15 is 0 Å². The molecule has 0 heterocycles. The van der Waals surface area contributed by atoms with Gasteiger partial charge in [0.1, 0.15) is 0 Å². The van der Waals surface area contributed by atoms with Crippen molar-refractivity contribution in [3.63, 3.8) is 0 Å². The van der Waals surface area contributed by atoms with Gasteiger partial charge < -0.3 is 10.6 Å². The largest absolute Gasteiger partial charge is 0.360 e. The normalized spacial score (nSPS) is 11.7. The number of thioether (sulfide) groups is 1. The van der Waals surface area contributed by atoms with Gasteiger partial charge in [0.2, 0.25) is 0 Å². The van der Waals surface area contributed by atoms with Crippen molar-refractivity contribution in [2.24, 2.45) is 0 Å². The third-order valence-corrected chi connectivity index (χ3v) is 4.65. The summed E-state index contributed by atoms with van der Waals surface area (Å²) in [6, 6.07) is 19.3. The highest BCUT2D eigenvalue weighted by Gasteiger charge is 2.02. The fourth-order valence-electron chi connectivity index (χ4n) is 1.86. The van der Waals surface area contributed by atoms with Gasteiger partial charge in [-0.15, -0.1) is 11.8 Å². The quantitative estimate of drug-likeness (QED) is 0.571. The van der Waals surface area contributed by atoms with Gasteiger partial charge in [-0.25, -0.2) is 0 Å². The molecule has 0 amide bonds. The second kappa shape index (κ2) is 8.81. The first kappa shape index (κ1) is 16.8. The average Bonchev–Trinajstić information content (AvgIpc) is 2.55. The molecule has 0 aliphatic rings. The molecule has 1 atom stereocenters. The molecule has 0 saturated heterocycles. The molecule has 2 aromatic rings. The molecule has 2 N–H and O–H groups in total. The summed E-state index contributed by atoms with van der Waals surface area (Å²) in [6.45, 7) is 4.26. The third kappa shape index (κ3) is 5.70. The second-order valence-corrected chi connectivity index (χ2v) is 6.66. The van der Waals surface area contributed by atoms with E-state index in [0.717, 1.165) is 17.9 Å².